The summed E-state index contributed by atoms with van der Waals surface area (Å²) >= 11 is 5.96. The SMILES string of the molecule is Oc1ccc(Cl)cc1-c1cccc(OC2CC2)c1. The molecule has 0 unspecified atom stereocenters. The van der Waals surface area contributed by atoms with E-state index in [4.69, 9.17) is 16.3 Å². The van der Waals surface area contributed by atoms with E-state index in [1.807, 2.05) is 24.3 Å². The van der Waals surface area contributed by atoms with E-state index < -0.39 is 0 Å². The molecular formula is C15H13ClO2. The van der Waals surface area contributed by atoms with E-state index in [1.54, 1.807) is 18.2 Å². The van der Waals surface area contributed by atoms with Gasteiger partial charge in [0.05, 0.1) is 6.10 Å². The molecule has 1 aliphatic carbocycles. The van der Waals surface area contributed by atoms with Gasteiger partial charge in [-0.3, -0.25) is 0 Å². The Morgan fingerprint density at radius 3 is 2.72 bits per heavy atom. The van der Waals surface area contributed by atoms with Crippen LogP contribution in [0.15, 0.2) is 42.5 Å². The minimum absolute atomic E-state index is 0.225. The number of rotatable bonds is 3. The van der Waals surface area contributed by atoms with Crippen LogP contribution in [0.4, 0.5) is 0 Å². The van der Waals surface area contributed by atoms with Gasteiger partial charge in [0.1, 0.15) is 11.5 Å². The Balaban J connectivity index is 1.96. The van der Waals surface area contributed by atoms with Gasteiger partial charge in [-0.1, -0.05) is 23.7 Å². The van der Waals surface area contributed by atoms with Crippen molar-refractivity contribution in [2.24, 2.45) is 0 Å². The van der Waals surface area contributed by atoms with Crippen LogP contribution in [0.1, 0.15) is 12.8 Å². The van der Waals surface area contributed by atoms with Gasteiger partial charge in [0.25, 0.3) is 0 Å². The molecule has 2 aromatic carbocycles. The maximum atomic E-state index is 9.87. The summed E-state index contributed by atoms with van der Waals surface area (Å²) in [7, 11) is 0. The summed E-state index contributed by atoms with van der Waals surface area (Å²) < 4.78 is 5.74. The first-order valence-electron chi connectivity index (χ1n) is 5.98. The topological polar surface area (TPSA) is 29.5 Å². The Labute approximate surface area is 111 Å². The number of benzene rings is 2. The van der Waals surface area contributed by atoms with E-state index in [2.05, 4.69) is 0 Å². The van der Waals surface area contributed by atoms with Crippen LogP contribution in [0, 0.1) is 0 Å². The van der Waals surface area contributed by atoms with Crippen molar-refractivity contribution < 1.29 is 9.84 Å². The minimum atomic E-state index is 0.225. The van der Waals surface area contributed by atoms with Gasteiger partial charge in [-0.15, -0.1) is 0 Å². The van der Waals surface area contributed by atoms with Gasteiger partial charge in [0, 0.05) is 10.6 Å². The second-order valence-electron chi connectivity index (χ2n) is 4.51. The molecule has 0 aromatic heterocycles. The van der Waals surface area contributed by atoms with Gasteiger partial charge >= 0.3 is 0 Å². The first-order valence-corrected chi connectivity index (χ1v) is 6.36. The molecule has 1 aliphatic rings. The Morgan fingerprint density at radius 1 is 1.11 bits per heavy atom. The Kier molecular flexibility index (Phi) is 2.88. The van der Waals surface area contributed by atoms with Crippen molar-refractivity contribution in [3.8, 4) is 22.6 Å². The smallest absolute Gasteiger partial charge is 0.123 e. The zero-order valence-electron chi connectivity index (χ0n) is 9.77. The van der Waals surface area contributed by atoms with Crippen molar-refractivity contribution in [2.75, 3.05) is 0 Å². The van der Waals surface area contributed by atoms with Crippen molar-refractivity contribution in [1.29, 1.82) is 0 Å². The van der Waals surface area contributed by atoms with E-state index in [0.29, 0.717) is 11.1 Å². The van der Waals surface area contributed by atoms with Crippen molar-refractivity contribution in [2.45, 2.75) is 18.9 Å². The maximum Gasteiger partial charge on any atom is 0.123 e. The highest BCUT2D eigenvalue weighted by Crippen LogP contribution is 2.34. The van der Waals surface area contributed by atoms with Gasteiger partial charge in [0.15, 0.2) is 0 Å². The first-order chi connectivity index (χ1) is 8.72. The Hall–Kier alpha value is -1.67. The largest absolute Gasteiger partial charge is 0.507 e. The molecule has 92 valence electrons. The van der Waals surface area contributed by atoms with E-state index in [9.17, 15) is 5.11 Å². The number of phenolic OH excluding ortho intramolecular Hbond substituents is 1. The molecule has 0 bridgehead atoms. The molecule has 1 N–H and O–H groups in total. The number of ether oxygens (including phenoxy) is 1. The molecule has 3 rings (SSSR count). The molecule has 2 aromatic rings. The van der Waals surface area contributed by atoms with Gasteiger partial charge in [-0.25, -0.2) is 0 Å². The van der Waals surface area contributed by atoms with Gasteiger partial charge in [0.2, 0.25) is 0 Å². The Morgan fingerprint density at radius 2 is 1.94 bits per heavy atom. The quantitative estimate of drug-likeness (QED) is 0.894. The third-order valence-electron chi connectivity index (χ3n) is 2.93. The summed E-state index contributed by atoms with van der Waals surface area (Å²) in [4.78, 5) is 0. The fraction of sp³-hybridized carbons (Fsp3) is 0.200. The van der Waals surface area contributed by atoms with Crippen LogP contribution in [-0.4, -0.2) is 11.2 Å². The molecule has 0 aliphatic heterocycles. The fourth-order valence-corrected chi connectivity index (χ4v) is 2.03. The highest BCUT2D eigenvalue weighted by molar-refractivity contribution is 6.31. The highest BCUT2D eigenvalue weighted by atomic mass is 35.5. The van der Waals surface area contributed by atoms with Gasteiger partial charge in [-0.05, 0) is 48.7 Å². The number of aromatic hydroxyl groups is 1. The number of phenols is 1. The van der Waals surface area contributed by atoms with Gasteiger partial charge in [-0.2, -0.15) is 0 Å². The van der Waals surface area contributed by atoms with Crippen LogP contribution >= 0.6 is 11.6 Å². The normalized spacial score (nSPS) is 14.5. The average Bonchev–Trinajstić information content (AvgIpc) is 3.16. The molecule has 3 heteroatoms. The number of hydrogen-bond donors (Lipinski definition) is 1. The Bertz CT molecular complexity index is 576. The summed E-state index contributed by atoms with van der Waals surface area (Å²) in [5.74, 6) is 1.07. The van der Waals surface area contributed by atoms with E-state index in [1.165, 1.54) is 0 Å². The van der Waals surface area contributed by atoms with Crippen LogP contribution in [0.3, 0.4) is 0 Å². The van der Waals surface area contributed by atoms with Crippen molar-refractivity contribution in [3.05, 3.63) is 47.5 Å². The summed E-state index contributed by atoms with van der Waals surface area (Å²) in [6.07, 6.45) is 2.63. The van der Waals surface area contributed by atoms with E-state index in [-0.39, 0.29) is 5.75 Å². The monoisotopic (exact) mass is 260 g/mol. The van der Waals surface area contributed by atoms with Crippen LogP contribution in [0.2, 0.25) is 5.02 Å². The summed E-state index contributed by atoms with van der Waals surface area (Å²) in [5, 5.41) is 10.5. The molecular weight excluding hydrogens is 248 g/mol. The summed E-state index contributed by atoms with van der Waals surface area (Å²) in [5.41, 5.74) is 1.64. The predicted molar refractivity (Wildman–Crippen MR) is 72.2 cm³/mol. The van der Waals surface area contributed by atoms with Crippen LogP contribution in [-0.2, 0) is 0 Å². The molecule has 1 fully saturated rings. The van der Waals surface area contributed by atoms with Crippen LogP contribution in [0.5, 0.6) is 11.5 Å². The molecule has 0 amide bonds. The number of hydrogen-bond acceptors (Lipinski definition) is 2. The zero-order chi connectivity index (χ0) is 12.5. The standard InChI is InChI=1S/C15H13ClO2/c16-11-4-7-15(17)14(9-11)10-2-1-3-13(8-10)18-12-5-6-12/h1-4,7-9,12,17H,5-6H2. The van der Waals surface area contributed by atoms with Crippen LogP contribution < -0.4 is 4.74 Å². The van der Waals surface area contributed by atoms with Crippen molar-refractivity contribution in [1.82, 2.24) is 0 Å². The lowest BCUT2D eigenvalue weighted by molar-refractivity contribution is 0.303. The number of halogens is 1. The molecule has 2 nitrogen and oxygen atoms in total. The molecule has 0 spiro atoms. The first kappa shape index (κ1) is 11.4. The summed E-state index contributed by atoms with van der Waals surface area (Å²) in [6.45, 7) is 0. The average molecular weight is 261 g/mol. The molecule has 0 atom stereocenters. The minimum Gasteiger partial charge on any atom is -0.507 e. The predicted octanol–water partition coefficient (Wildman–Crippen LogP) is 4.25. The maximum absolute atomic E-state index is 9.87. The third-order valence-corrected chi connectivity index (χ3v) is 3.17. The molecule has 0 radical (unpaired) electrons. The molecule has 0 heterocycles. The summed E-state index contributed by atoms with van der Waals surface area (Å²) in [6, 6.07) is 12.8. The second-order valence-corrected chi connectivity index (χ2v) is 4.94. The van der Waals surface area contributed by atoms with Gasteiger partial charge < -0.3 is 9.84 Å². The molecule has 0 saturated heterocycles. The van der Waals surface area contributed by atoms with E-state index >= 15 is 0 Å². The lowest BCUT2D eigenvalue weighted by Gasteiger charge is -2.08. The fourth-order valence-electron chi connectivity index (χ4n) is 1.85. The molecule has 1 saturated carbocycles. The lowest BCUT2D eigenvalue weighted by Crippen LogP contribution is -1.95. The van der Waals surface area contributed by atoms with Crippen LogP contribution in [0.25, 0.3) is 11.1 Å². The second kappa shape index (κ2) is 4.54. The lowest BCUT2D eigenvalue weighted by atomic mass is 10.0. The molecule has 18 heavy (non-hydrogen) atoms. The van der Waals surface area contributed by atoms with Crippen molar-refractivity contribution >= 4 is 11.6 Å². The zero-order valence-corrected chi connectivity index (χ0v) is 10.5. The third kappa shape index (κ3) is 2.44. The highest BCUT2D eigenvalue weighted by Gasteiger charge is 2.23. The van der Waals surface area contributed by atoms with E-state index in [0.717, 1.165) is 29.7 Å². The van der Waals surface area contributed by atoms with Crippen molar-refractivity contribution in [3.63, 3.8) is 0 Å².